The molecule has 1 nitrogen and oxygen atoms in total. The van der Waals surface area contributed by atoms with E-state index < -0.39 is 0 Å². The molecule has 1 heteroatoms. The maximum atomic E-state index is 6.50. The Labute approximate surface area is 131 Å². The highest BCUT2D eigenvalue weighted by Gasteiger charge is 2.21. The average Bonchev–Trinajstić information content (AvgIpc) is 2.90. The van der Waals surface area contributed by atoms with Crippen LogP contribution >= 0.6 is 0 Å². The van der Waals surface area contributed by atoms with Crippen LogP contribution in [0.25, 0.3) is 11.1 Å². The summed E-state index contributed by atoms with van der Waals surface area (Å²) in [4.78, 5) is 0. The third-order valence-corrected chi connectivity index (χ3v) is 4.60. The van der Waals surface area contributed by atoms with Crippen LogP contribution in [0, 0.1) is 6.92 Å². The molecule has 3 aromatic carbocycles. The first kappa shape index (κ1) is 13.1. The van der Waals surface area contributed by atoms with E-state index >= 15 is 0 Å². The zero-order valence-electron chi connectivity index (χ0n) is 12.8. The fourth-order valence-electron chi connectivity index (χ4n) is 3.48. The molecular formula is C21H19N. The first-order valence-electron chi connectivity index (χ1n) is 7.76. The SMILES string of the molecule is Cc1cccc(Cc2ccc3c(c2N)Cc2ccccc2-3)c1. The number of hydrogen-bond donors (Lipinski definition) is 1. The van der Waals surface area contributed by atoms with Gasteiger partial charge < -0.3 is 5.73 Å². The van der Waals surface area contributed by atoms with Crippen LogP contribution in [0.4, 0.5) is 5.69 Å². The predicted octanol–water partition coefficient (Wildman–Crippen LogP) is 4.74. The normalized spacial score (nSPS) is 12.0. The zero-order chi connectivity index (χ0) is 15.1. The second kappa shape index (κ2) is 5.03. The highest BCUT2D eigenvalue weighted by Crippen LogP contribution is 2.40. The van der Waals surface area contributed by atoms with Crippen LogP contribution in [0.2, 0.25) is 0 Å². The van der Waals surface area contributed by atoms with Gasteiger partial charge in [0.1, 0.15) is 0 Å². The van der Waals surface area contributed by atoms with Crippen molar-refractivity contribution in [3.8, 4) is 11.1 Å². The predicted molar refractivity (Wildman–Crippen MR) is 93.1 cm³/mol. The van der Waals surface area contributed by atoms with Gasteiger partial charge in [0, 0.05) is 12.1 Å². The Bertz CT molecular complexity index is 862. The molecule has 0 bridgehead atoms. The van der Waals surface area contributed by atoms with E-state index in [1.54, 1.807) is 0 Å². The molecule has 0 spiro atoms. The Hall–Kier alpha value is -2.54. The van der Waals surface area contributed by atoms with E-state index in [2.05, 4.69) is 67.6 Å². The van der Waals surface area contributed by atoms with Gasteiger partial charge in [-0.2, -0.15) is 0 Å². The molecule has 0 saturated heterocycles. The standard InChI is InChI=1S/C21H19N/c1-14-5-4-6-15(11-14)12-17-9-10-19-18-8-3-2-7-16(18)13-20(19)21(17)22/h2-11H,12-13,22H2,1H3. The van der Waals surface area contributed by atoms with Crippen molar-refractivity contribution in [3.63, 3.8) is 0 Å². The first-order valence-corrected chi connectivity index (χ1v) is 7.76. The lowest BCUT2D eigenvalue weighted by molar-refractivity contribution is 1.16. The van der Waals surface area contributed by atoms with Crippen molar-refractivity contribution >= 4 is 5.69 Å². The molecule has 0 amide bonds. The third kappa shape index (κ3) is 2.10. The summed E-state index contributed by atoms with van der Waals surface area (Å²) in [7, 11) is 0. The van der Waals surface area contributed by atoms with Crippen LogP contribution in [-0.4, -0.2) is 0 Å². The number of nitrogens with two attached hydrogens (primary N) is 1. The quantitative estimate of drug-likeness (QED) is 0.529. The van der Waals surface area contributed by atoms with Crippen LogP contribution in [0.15, 0.2) is 60.7 Å². The third-order valence-electron chi connectivity index (χ3n) is 4.60. The summed E-state index contributed by atoms with van der Waals surface area (Å²) in [5.74, 6) is 0. The molecule has 0 aromatic heterocycles. The molecule has 0 atom stereocenters. The van der Waals surface area contributed by atoms with Gasteiger partial charge in [-0.15, -0.1) is 0 Å². The van der Waals surface area contributed by atoms with Crippen molar-refractivity contribution in [3.05, 3.63) is 88.5 Å². The van der Waals surface area contributed by atoms with Gasteiger partial charge in [-0.3, -0.25) is 0 Å². The van der Waals surface area contributed by atoms with E-state index in [-0.39, 0.29) is 0 Å². The molecule has 0 radical (unpaired) electrons. The molecule has 1 aliphatic carbocycles. The molecule has 0 heterocycles. The van der Waals surface area contributed by atoms with Gasteiger partial charge in [0.15, 0.2) is 0 Å². The van der Waals surface area contributed by atoms with E-state index in [4.69, 9.17) is 5.73 Å². The van der Waals surface area contributed by atoms with Crippen molar-refractivity contribution < 1.29 is 0 Å². The summed E-state index contributed by atoms with van der Waals surface area (Å²) in [6, 6.07) is 21.7. The lowest BCUT2D eigenvalue weighted by Gasteiger charge is -2.11. The van der Waals surface area contributed by atoms with Gasteiger partial charge in [-0.05, 0) is 46.7 Å². The number of nitrogen functional groups attached to an aromatic ring is 1. The molecule has 22 heavy (non-hydrogen) atoms. The van der Waals surface area contributed by atoms with Crippen molar-refractivity contribution in [2.45, 2.75) is 19.8 Å². The van der Waals surface area contributed by atoms with E-state index in [9.17, 15) is 0 Å². The van der Waals surface area contributed by atoms with Gasteiger partial charge in [-0.25, -0.2) is 0 Å². The minimum atomic E-state index is 0.900. The topological polar surface area (TPSA) is 26.0 Å². The summed E-state index contributed by atoms with van der Waals surface area (Å²) in [5.41, 5.74) is 16.6. The molecule has 1 aliphatic rings. The molecule has 3 aromatic rings. The van der Waals surface area contributed by atoms with Crippen LogP contribution in [0.5, 0.6) is 0 Å². The van der Waals surface area contributed by atoms with Crippen LogP contribution in [0.1, 0.15) is 27.8 Å². The number of hydrogen-bond acceptors (Lipinski definition) is 1. The number of aryl methyl sites for hydroxylation is 1. The van der Waals surface area contributed by atoms with Crippen molar-refractivity contribution in [2.24, 2.45) is 0 Å². The molecule has 0 fully saturated rings. The molecular weight excluding hydrogens is 266 g/mol. The van der Waals surface area contributed by atoms with Crippen LogP contribution in [0.3, 0.4) is 0 Å². The average molecular weight is 285 g/mol. The maximum Gasteiger partial charge on any atom is 0.0392 e. The number of rotatable bonds is 2. The van der Waals surface area contributed by atoms with Gasteiger partial charge in [-0.1, -0.05) is 66.2 Å². The van der Waals surface area contributed by atoms with E-state index in [0.717, 1.165) is 18.5 Å². The zero-order valence-corrected chi connectivity index (χ0v) is 12.8. The minimum Gasteiger partial charge on any atom is -0.398 e. The lowest BCUT2D eigenvalue weighted by Crippen LogP contribution is -2.00. The Morgan fingerprint density at radius 1 is 0.909 bits per heavy atom. The number of anilines is 1. The highest BCUT2D eigenvalue weighted by atomic mass is 14.6. The second-order valence-electron chi connectivity index (χ2n) is 6.16. The second-order valence-corrected chi connectivity index (χ2v) is 6.16. The summed E-state index contributed by atoms with van der Waals surface area (Å²) in [6.45, 7) is 2.13. The Balaban J connectivity index is 1.74. The Morgan fingerprint density at radius 3 is 2.64 bits per heavy atom. The smallest absolute Gasteiger partial charge is 0.0392 e. The lowest BCUT2D eigenvalue weighted by atomic mass is 9.96. The fourth-order valence-corrected chi connectivity index (χ4v) is 3.48. The summed E-state index contributed by atoms with van der Waals surface area (Å²) >= 11 is 0. The first-order chi connectivity index (χ1) is 10.7. The number of fused-ring (bicyclic) bond motifs is 3. The van der Waals surface area contributed by atoms with Crippen molar-refractivity contribution in [1.29, 1.82) is 0 Å². The van der Waals surface area contributed by atoms with Crippen LogP contribution in [-0.2, 0) is 12.8 Å². The van der Waals surface area contributed by atoms with Gasteiger partial charge in [0.2, 0.25) is 0 Å². The largest absolute Gasteiger partial charge is 0.398 e. The summed E-state index contributed by atoms with van der Waals surface area (Å²) < 4.78 is 0. The van der Waals surface area contributed by atoms with E-state index in [1.807, 2.05) is 0 Å². The van der Waals surface area contributed by atoms with Crippen LogP contribution < -0.4 is 5.73 Å². The maximum absolute atomic E-state index is 6.50. The highest BCUT2D eigenvalue weighted by molar-refractivity contribution is 5.82. The molecule has 108 valence electrons. The summed E-state index contributed by atoms with van der Waals surface area (Å²) in [6.07, 6.45) is 1.86. The molecule has 0 aliphatic heterocycles. The van der Waals surface area contributed by atoms with Gasteiger partial charge >= 0.3 is 0 Å². The molecule has 0 saturated carbocycles. The fraction of sp³-hybridized carbons (Fsp3) is 0.143. The van der Waals surface area contributed by atoms with Gasteiger partial charge in [0.25, 0.3) is 0 Å². The van der Waals surface area contributed by atoms with Crippen molar-refractivity contribution in [1.82, 2.24) is 0 Å². The molecule has 0 unspecified atom stereocenters. The Morgan fingerprint density at radius 2 is 1.77 bits per heavy atom. The van der Waals surface area contributed by atoms with E-state index in [0.29, 0.717) is 0 Å². The van der Waals surface area contributed by atoms with Gasteiger partial charge in [0.05, 0.1) is 0 Å². The summed E-state index contributed by atoms with van der Waals surface area (Å²) in [5, 5.41) is 0. The minimum absolute atomic E-state index is 0.900. The molecule has 4 rings (SSSR count). The van der Waals surface area contributed by atoms with Crippen molar-refractivity contribution in [2.75, 3.05) is 5.73 Å². The molecule has 2 N–H and O–H groups in total. The van der Waals surface area contributed by atoms with E-state index in [1.165, 1.54) is 38.9 Å². The monoisotopic (exact) mass is 285 g/mol. The Kier molecular flexibility index (Phi) is 3.00. The number of benzene rings is 3.